The lowest BCUT2D eigenvalue weighted by Gasteiger charge is -2.38. The molecule has 1 saturated carbocycles. The molecule has 1 aliphatic carbocycles. The van der Waals surface area contributed by atoms with E-state index in [2.05, 4.69) is 4.36 Å². The largest absolute Gasteiger partial charge is 0.383 e. The minimum atomic E-state index is -3.72. The standard InChI is InChI=1S/C15H26F2N2O3S/c1-23(2,22)18-11-12-5-9-19(10-6-12)13(20)15(16,17)14(21)7-3-4-8-14/h12,21H,3-11H2,1-2H3. The molecule has 1 amide bonds. The number of halogens is 2. The van der Waals surface area contributed by atoms with Gasteiger partial charge in [-0.05, 0) is 31.6 Å². The Morgan fingerprint density at radius 2 is 1.83 bits per heavy atom. The van der Waals surface area contributed by atoms with Crippen molar-refractivity contribution in [1.82, 2.24) is 4.90 Å². The molecule has 2 fully saturated rings. The van der Waals surface area contributed by atoms with Crippen LogP contribution in [-0.2, 0) is 14.5 Å². The van der Waals surface area contributed by atoms with Crippen molar-refractivity contribution >= 4 is 15.6 Å². The summed E-state index contributed by atoms with van der Waals surface area (Å²) in [5.74, 6) is -4.81. The molecular weight excluding hydrogens is 326 g/mol. The van der Waals surface area contributed by atoms with E-state index in [1.54, 1.807) is 12.5 Å². The second-order valence-electron chi connectivity index (χ2n) is 7.04. The second kappa shape index (κ2) is 6.63. The number of nitrogens with zero attached hydrogens (tertiary/aromatic N) is 2. The average Bonchev–Trinajstić information content (AvgIpc) is 2.93. The van der Waals surface area contributed by atoms with Gasteiger partial charge >= 0.3 is 5.92 Å². The van der Waals surface area contributed by atoms with Crippen LogP contribution >= 0.6 is 0 Å². The predicted octanol–water partition coefficient (Wildman–Crippen LogP) is 1.89. The van der Waals surface area contributed by atoms with Gasteiger partial charge in [0.25, 0.3) is 5.91 Å². The lowest BCUT2D eigenvalue weighted by molar-refractivity contribution is -0.201. The molecule has 0 spiro atoms. The molecule has 2 aliphatic rings. The molecule has 1 saturated heterocycles. The molecule has 0 aromatic heterocycles. The summed E-state index contributed by atoms with van der Waals surface area (Å²) in [6.45, 7) is 0.910. The van der Waals surface area contributed by atoms with Gasteiger partial charge in [0.05, 0.1) is 6.54 Å². The Kier molecular flexibility index (Phi) is 5.35. The lowest BCUT2D eigenvalue weighted by Crippen LogP contribution is -2.58. The minimum Gasteiger partial charge on any atom is -0.383 e. The van der Waals surface area contributed by atoms with Crippen LogP contribution < -0.4 is 0 Å². The van der Waals surface area contributed by atoms with Gasteiger partial charge in [-0.3, -0.25) is 9.00 Å². The molecule has 0 unspecified atom stereocenters. The highest BCUT2D eigenvalue weighted by molar-refractivity contribution is 7.92. The van der Waals surface area contributed by atoms with Crippen LogP contribution in [0, 0.1) is 5.92 Å². The number of carbonyl (C=O) groups is 1. The number of carbonyl (C=O) groups excluding carboxylic acids is 1. The van der Waals surface area contributed by atoms with Crippen LogP contribution in [-0.4, -0.2) is 63.8 Å². The summed E-state index contributed by atoms with van der Waals surface area (Å²) < 4.78 is 44.5. The van der Waals surface area contributed by atoms with Crippen molar-refractivity contribution < 1.29 is 22.9 Å². The van der Waals surface area contributed by atoms with Gasteiger partial charge in [0, 0.05) is 35.3 Å². The molecule has 5 nitrogen and oxygen atoms in total. The number of alkyl halides is 2. The topological polar surface area (TPSA) is 70.0 Å². The molecular formula is C15H26F2N2O3S. The summed E-state index contributed by atoms with van der Waals surface area (Å²) in [4.78, 5) is 13.3. The first-order chi connectivity index (χ1) is 10.6. The highest BCUT2D eigenvalue weighted by atomic mass is 32.2. The molecule has 0 aromatic carbocycles. The third-order valence-electron chi connectivity index (χ3n) is 4.83. The van der Waals surface area contributed by atoms with E-state index >= 15 is 0 Å². The zero-order chi connectivity index (χ0) is 17.3. The quantitative estimate of drug-likeness (QED) is 0.840. The summed E-state index contributed by atoms with van der Waals surface area (Å²) >= 11 is 0. The van der Waals surface area contributed by atoms with Gasteiger partial charge in [0.1, 0.15) is 5.60 Å². The molecule has 0 aromatic rings. The summed E-state index contributed by atoms with van der Waals surface area (Å²) in [5, 5.41) is 10.1. The Hall–Kier alpha value is -0.760. The van der Waals surface area contributed by atoms with Gasteiger partial charge < -0.3 is 10.0 Å². The normalized spacial score (nSPS) is 23.1. The molecule has 1 N–H and O–H groups in total. The fourth-order valence-electron chi connectivity index (χ4n) is 3.28. The zero-order valence-corrected chi connectivity index (χ0v) is 14.6. The van der Waals surface area contributed by atoms with Crippen molar-refractivity contribution in [3.05, 3.63) is 0 Å². The monoisotopic (exact) mass is 352 g/mol. The van der Waals surface area contributed by atoms with Crippen LogP contribution in [0.1, 0.15) is 38.5 Å². The number of hydrogen-bond acceptors (Lipinski definition) is 4. The van der Waals surface area contributed by atoms with E-state index in [4.69, 9.17) is 0 Å². The molecule has 1 aliphatic heterocycles. The van der Waals surface area contributed by atoms with Gasteiger partial charge in [0.2, 0.25) is 0 Å². The smallest absolute Gasteiger partial charge is 0.352 e. The lowest BCUT2D eigenvalue weighted by atomic mass is 9.91. The summed E-state index contributed by atoms with van der Waals surface area (Å²) in [7, 11) is -2.15. The number of rotatable bonds is 4. The van der Waals surface area contributed by atoms with Crippen molar-refractivity contribution in [3.63, 3.8) is 0 Å². The average molecular weight is 352 g/mol. The number of amides is 1. The van der Waals surface area contributed by atoms with Gasteiger partial charge in [0.15, 0.2) is 0 Å². The van der Waals surface area contributed by atoms with Gasteiger partial charge in [-0.1, -0.05) is 12.8 Å². The predicted molar refractivity (Wildman–Crippen MR) is 85.0 cm³/mol. The molecule has 0 radical (unpaired) electrons. The number of likely N-dealkylation sites (tertiary alicyclic amines) is 1. The van der Waals surface area contributed by atoms with Crippen LogP contribution in [0.3, 0.4) is 0 Å². The number of piperidine rings is 1. The maximum Gasteiger partial charge on any atom is 0.352 e. The van der Waals surface area contributed by atoms with Crippen molar-refractivity contribution in [2.24, 2.45) is 10.3 Å². The highest BCUT2D eigenvalue weighted by Crippen LogP contribution is 2.43. The maximum absolute atomic E-state index is 14.4. The Labute approximate surface area is 136 Å². The number of hydrogen-bond donors (Lipinski definition) is 1. The van der Waals surface area contributed by atoms with Crippen molar-refractivity contribution in [3.8, 4) is 0 Å². The van der Waals surface area contributed by atoms with Crippen molar-refractivity contribution in [2.45, 2.75) is 50.0 Å². The van der Waals surface area contributed by atoms with Crippen molar-refractivity contribution in [2.75, 3.05) is 32.1 Å². The van der Waals surface area contributed by atoms with E-state index in [9.17, 15) is 22.9 Å². The Balaban J connectivity index is 1.94. The van der Waals surface area contributed by atoms with Gasteiger partial charge in [-0.15, -0.1) is 0 Å². The van der Waals surface area contributed by atoms with Crippen LogP contribution in [0.4, 0.5) is 8.78 Å². The van der Waals surface area contributed by atoms with Crippen molar-refractivity contribution in [1.29, 1.82) is 0 Å². The SMILES string of the molecule is CS(C)(=O)=NCC1CCN(C(=O)C(F)(F)C2(O)CCCC2)CC1. The van der Waals surface area contributed by atoms with Crippen LogP contribution in [0.2, 0.25) is 0 Å². The fraction of sp³-hybridized carbons (Fsp3) is 0.933. The summed E-state index contributed by atoms with van der Waals surface area (Å²) in [5.41, 5.74) is -2.19. The Morgan fingerprint density at radius 3 is 2.30 bits per heavy atom. The van der Waals surface area contributed by atoms with E-state index in [1.165, 1.54) is 0 Å². The third-order valence-corrected chi connectivity index (χ3v) is 5.60. The maximum atomic E-state index is 14.4. The highest BCUT2D eigenvalue weighted by Gasteiger charge is 2.60. The molecule has 2 rings (SSSR count). The van der Waals surface area contributed by atoms with E-state index < -0.39 is 27.2 Å². The summed E-state index contributed by atoms with van der Waals surface area (Å²) in [6, 6.07) is 0. The van der Waals surface area contributed by atoms with Crippen LogP contribution in [0.25, 0.3) is 0 Å². The zero-order valence-electron chi connectivity index (χ0n) is 13.8. The van der Waals surface area contributed by atoms with Gasteiger partial charge in [-0.25, -0.2) is 4.36 Å². The molecule has 0 atom stereocenters. The van der Waals surface area contributed by atoms with E-state index in [-0.39, 0.29) is 31.8 Å². The minimum absolute atomic E-state index is 0.0254. The Bertz CT molecular complexity index is 551. The van der Waals surface area contributed by atoms with E-state index in [1.807, 2.05) is 0 Å². The molecule has 0 bridgehead atoms. The molecule has 1 heterocycles. The van der Waals surface area contributed by atoms with Crippen LogP contribution in [0.15, 0.2) is 4.36 Å². The second-order valence-corrected chi connectivity index (χ2v) is 9.66. The molecule has 8 heteroatoms. The Morgan fingerprint density at radius 1 is 1.30 bits per heavy atom. The third kappa shape index (κ3) is 4.21. The van der Waals surface area contributed by atoms with E-state index in [0.717, 1.165) is 4.90 Å². The molecule has 23 heavy (non-hydrogen) atoms. The van der Waals surface area contributed by atoms with Crippen LogP contribution in [0.5, 0.6) is 0 Å². The molecule has 134 valence electrons. The first-order valence-corrected chi connectivity index (χ1v) is 10.4. The fourth-order valence-corrected chi connectivity index (χ4v) is 3.84. The number of aliphatic hydroxyl groups is 1. The van der Waals surface area contributed by atoms with E-state index in [0.29, 0.717) is 32.2 Å². The first-order valence-electron chi connectivity index (χ1n) is 8.08. The summed E-state index contributed by atoms with van der Waals surface area (Å²) in [6.07, 6.45) is 5.26. The first kappa shape index (κ1) is 18.6. The van der Waals surface area contributed by atoms with Gasteiger partial charge in [-0.2, -0.15) is 8.78 Å².